The topological polar surface area (TPSA) is 44.4 Å². The normalized spacial score (nSPS) is 18.3. The van der Waals surface area contributed by atoms with Crippen LogP contribution in [0.2, 0.25) is 0 Å². The first-order valence-corrected chi connectivity index (χ1v) is 7.62. The minimum Gasteiger partial charge on any atom is -0.372 e. The second kappa shape index (κ2) is 7.98. The molecule has 4 nitrogen and oxygen atoms in total. The Labute approximate surface area is 125 Å². The Bertz CT molecular complexity index is 461. The first kappa shape index (κ1) is 15.8. The maximum atomic E-state index is 13.6. The van der Waals surface area contributed by atoms with E-state index in [4.69, 9.17) is 0 Å². The number of carbonyl (C=O) groups excluding carboxylic acids is 1. The minimum atomic E-state index is -0.211. The van der Waals surface area contributed by atoms with Crippen LogP contribution in [-0.4, -0.2) is 39.1 Å². The van der Waals surface area contributed by atoms with Crippen LogP contribution in [0.15, 0.2) is 24.3 Å². The third-order valence-corrected chi connectivity index (χ3v) is 3.90. The van der Waals surface area contributed by atoms with E-state index in [1.54, 1.807) is 12.1 Å². The average molecular weight is 293 g/mol. The molecule has 0 saturated carbocycles. The van der Waals surface area contributed by atoms with E-state index in [1.807, 2.05) is 18.0 Å². The first-order valence-electron chi connectivity index (χ1n) is 7.62. The van der Waals surface area contributed by atoms with Gasteiger partial charge in [-0.15, -0.1) is 0 Å². The number of halogens is 1. The molecule has 1 aromatic carbocycles. The van der Waals surface area contributed by atoms with Crippen LogP contribution < -0.4 is 15.5 Å². The van der Waals surface area contributed by atoms with E-state index in [0.717, 1.165) is 32.4 Å². The van der Waals surface area contributed by atoms with Crippen LogP contribution in [0.4, 0.5) is 10.1 Å². The highest BCUT2D eigenvalue weighted by molar-refractivity contribution is 5.78. The lowest BCUT2D eigenvalue weighted by Crippen LogP contribution is -2.41. The summed E-state index contributed by atoms with van der Waals surface area (Å²) in [5.41, 5.74) is 0.598. The summed E-state index contributed by atoms with van der Waals surface area (Å²) < 4.78 is 13.6. The zero-order valence-corrected chi connectivity index (χ0v) is 12.6. The third kappa shape index (κ3) is 4.70. The highest BCUT2D eigenvalue weighted by Gasteiger charge is 2.20. The fourth-order valence-electron chi connectivity index (χ4n) is 2.63. The Morgan fingerprint density at radius 1 is 1.48 bits per heavy atom. The fourth-order valence-corrected chi connectivity index (χ4v) is 2.63. The number of rotatable bonds is 6. The van der Waals surface area contributed by atoms with Gasteiger partial charge in [-0.3, -0.25) is 4.79 Å². The molecule has 1 fully saturated rings. The van der Waals surface area contributed by atoms with Crippen molar-refractivity contribution >= 4 is 11.6 Å². The lowest BCUT2D eigenvalue weighted by Gasteiger charge is -2.23. The number of para-hydroxylation sites is 1. The van der Waals surface area contributed by atoms with E-state index in [1.165, 1.54) is 6.07 Å². The summed E-state index contributed by atoms with van der Waals surface area (Å²) in [6.07, 6.45) is 2.83. The minimum absolute atomic E-state index is 0.100. The van der Waals surface area contributed by atoms with Gasteiger partial charge < -0.3 is 15.5 Å². The van der Waals surface area contributed by atoms with E-state index in [9.17, 15) is 9.18 Å². The number of piperidine rings is 1. The number of hydrogen-bond acceptors (Lipinski definition) is 3. The largest absolute Gasteiger partial charge is 0.372 e. The molecule has 21 heavy (non-hydrogen) atoms. The van der Waals surface area contributed by atoms with Crippen molar-refractivity contribution in [1.29, 1.82) is 0 Å². The van der Waals surface area contributed by atoms with Crippen molar-refractivity contribution in [1.82, 2.24) is 10.6 Å². The Hall–Kier alpha value is -1.62. The maximum Gasteiger partial charge on any atom is 0.224 e. The summed E-state index contributed by atoms with van der Waals surface area (Å²) in [4.78, 5) is 13.8. The molecular weight excluding hydrogens is 269 g/mol. The maximum absolute atomic E-state index is 13.6. The summed E-state index contributed by atoms with van der Waals surface area (Å²) in [5.74, 6) is 0.0242. The fraction of sp³-hybridized carbons (Fsp3) is 0.562. The van der Waals surface area contributed by atoms with Gasteiger partial charge in [0.15, 0.2) is 0 Å². The molecule has 116 valence electrons. The van der Waals surface area contributed by atoms with Gasteiger partial charge in [0, 0.05) is 26.7 Å². The summed E-state index contributed by atoms with van der Waals surface area (Å²) in [6, 6.07) is 6.74. The van der Waals surface area contributed by atoms with Gasteiger partial charge in [0.05, 0.1) is 11.6 Å². The molecule has 1 aliphatic heterocycles. The molecule has 5 heteroatoms. The summed E-state index contributed by atoms with van der Waals surface area (Å²) in [7, 11) is 1.87. The molecule has 1 saturated heterocycles. The van der Waals surface area contributed by atoms with Crippen molar-refractivity contribution in [3.8, 4) is 0 Å². The van der Waals surface area contributed by atoms with Crippen LogP contribution in [0.1, 0.15) is 19.3 Å². The van der Waals surface area contributed by atoms with Crippen molar-refractivity contribution in [3.05, 3.63) is 30.1 Å². The predicted molar refractivity (Wildman–Crippen MR) is 82.9 cm³/mol. The number of anilines is 1. The summed E-state index contributed by atoms with van der Waals surface area (Å²) >= 11 is 0. The molecule has 0 bridgehead atoms. The summed E-state index contributed by atoms with van der Waals surface area (Å²) in [5, 5.41) is 6.22. The molecule has 0 aromatic heterocycles. The lowest BCUT2D eigenvalue weighted by atomic mass is 9.99. The van der Waals surface area contributed by atoms with Crippen LogP contribution >= 0.6 is 0 Å². The molecule has 1 aliphatic rings. The number of hydrogen-bond donors (Lipinski definition) is 2. The zero-order valence-electron chi connectivity index (χ0n) is 12.6. The molecule has 1 amide bonds. The van der Waals surface area contributed by atoms with Crippen LogP contribution in [0.3, 0.4) is 0 Å². The number of amides is 1. The van der Waals surface area contributed by atoms with Crippen molar-refractivity contribution in [2.24, 2.45) is 5.92 Å². The lowest BCUT2D eigenvalue weighted by molar-refractivity contribution is -0.125. The van der Waals surface area contributed by atoms with E-state index in [-0.39, 0.29) is 17.6 Å². The van der Waals surface area contributed by atoms with E-state index < -0.39 is 0 Å². The Balaban J connectivity index is 1.67. The van der Waals surface area contributed by atoms with Gasteiger partial charge in [-0.05, 0) is 37.9 Å². The van der Waals surface area contributed by atoms with Gasteiger partial charge in [0.1, 0.15) is 5.82 Å². The van der Waals surface area contributed by atoms with Gasteiger partial charge in [-0.25, -0.2) is 4.39 Å². The summed E-state index contributed by atoms with van der Waals surface area (Å²) in [6.45, 7) is 3.14. The number of carbonyl (C=O) groups is 1. The molecule has 0 aliphatic carbocycles. The Morgan fingerprint density at radius 2 is 2.29 bits per heavy atom. The van der Waals surface area contributed by atoms with E-state index in [2.05, 4.69) is 10.6 Å². The zero-order chi connectivity index (χ0) is 15.1. The molecule has 2 N–H and O–H groups in total. The smallest absolute Gasteiger partial charge is 0.224 e. The van der Waals surface area contributed by atoms with E-state index in [0.29, 0.717) is 18.8 Å². The van der Waals surface area contributed by atoms with E-state index >= 15 is 0 Å². The van der Waals surface area contributed by atoms with Crippen LogP contribution in [0, 0.1) is 11.7 Å². The number of nitrogens with zero attached hydrogens (tertiary/aromatic N) is 1. The SMILES string of the molecule is CN(CCCNC(=O)C1CCCNC1)c1ccccc1F. The molecule has 0 radical (unpaired) electrons. The highest BCUT2D eigenvalue weighted by Crippen LogP contribution is 2.16. The quantitative estimate of drug-likeness (QED) is 0.786. The molecule has 1 atom stereocenters. The molecule has 1 aromatic rings. The Kier molecular flexibility index (Phi) is 5.99. The Morgan fingerprint density at radius 3 is 3.00 bits per heavy atom. The number of benzene rings is 1. The van der Waals surface area contributed by atoms with Crippen LogP contribution in [0.5, 0.6) is 0 Å². The van der Waals surface area contributed by atoms with Gasteiger partial charge in [-0.2, -0.15) is 0 Å². The number of nitrogens with one attached hydrogen (secondary N) is 2. The van der Waals surface area contributed by atoms with Crippen molar-refractivity contribution in [2.75, 3.05) is 38.1 Å². The monoisotopic (exact) mass is 293 g/mol. The predicted octanol–water partition coefficient (Wildman–Crippen LogP) is 1.77. The molecule has 1 unspecified atom stereocenters. The van der Waals surface area contributed by atoms with Gasteiger partial charge in [0.25, 0.3) is 0 Å². The second-order valence-electron chi connectivity index (χ2n) is 5.56. The van der Waals surface area contributed by atoms with Crippen molar-refractivity contribution in [2.45, 2.75) is 19.3 Å². The average Bonchev–Trinajstić information content (AvgIpc) is 2.52. The molecule has 2 rings (SSSR count). The third-order valence-electron chi connectivity index (χ3n) is 3.90. The standard InChI is InChI=1S/C16H24FN3O/c1-20(15-8-3-2-7-14(15)17)11-5-10-19-16(21)13-6-4-9-18-12-13/h2-3,7-8,13,18H,4-6,9-12H2,1H3,(H,19,21). The highest BCUT2D eigenvalue weighted by atomic mass is 19.1. The molecule has 1 heterocycles. The van der Waals surface area contributed by atoms with Crippen molar-refractivity contribution in [3.63, 3.8) is 0 Å². The molecule has 0 spiro atoms. The van der Waals surface area contributed by atoms with Crippen molar-refractivity contribution < 1.29 is 9.18 Å². The van der Waals surface area contributed by atoms with Gasteiger partial charge >= 0.3 is 0 Å². The van der Waals surface area contributed by atoms with Gasteiger partial charge in [0.2, 0.25) is 5.91 Å². The van der Waals surface area contributed by atoms with Gasteiger partial charge in [-0.1, -0.05) is 12.1 Å². The second-order valence-corrected chi connectivity index (χ2v) is 5.56. The van der Waals surface area contributed by atoms with Crippen LogP contribution in [0.25, 0.3) is 0 Å². The van der Waals surface area contributed by atoms with Crippen LogP contribution in [-0.2, 0) is 4.79 Å². The first-order chi connectivity index (χ1) is 10.2. The molecular formula is C16H24FN3O.